The first kappa shape index (κ1) is 15.5. The number of benzene rings is 2. The second-order valence-corrected chi connectivity index (χ2v) is 5.99. The van der Waals surface area contributed by atoms with Crippen molar-refractivity contribution in [2.45, 2.75) is 19.9 Å². The van der Waals surface area contributed by atoms with E-state index in [9.17, 15) is 4.39 Å². The summed E-state index contributed by atoms with van der Waals surface area (Å²) in [5.41, 5.74) is 2.59. The normalized spacial score (nSPS) is 12.4. The standard InChI is InChI=1S/C16H16BrClFN/c1-3-20-16(11-5-4-6-12(17)8-11)13-7-10(2)15(19)9-14(13)18/h4-9,16,20H,3H2,1-2H3. The van der Waals surface area contributed by atoms with Gasteiger partial charge in [-0.3, -0.25) is 0 Å². The molecule has 0 spiro atoms. The number of rotatable bonds is 4. The third kappa shape index (κ3) is 3.40. The number of hydrogen-bond acceptors (Lipinski definition) is 1. The highest BCUT2D eigenvalue weighted by Gasteiger charge is 2.18. The molecule has 0 fully saturated rings. The van der Waals surface area contributed by atoms with Gasteiger partial charge < -0.3 is 5.32 Å². The highest BCUT2D eigenvalue weighted by Crippen LogP contribution is 2.31. The van der Waals surface area contributed by atoms with Crippen molar-refractivity contribution in [3.8, 4) is 0 Å². The molecule has 1 unspecified atom stereocenters. The summed E-state index contributed by atoms with van der Waals surface area (Å²) < 4.78 is 14.6. The Hall–Kier alpha value is -0.900. The highest BCUT2D eigenvalue weighted by molar-refractivity contribution is 9.10. The summed E-state index contributed by atoms with van der Waals surface area (Å²) in [7, 11) is 0. The summed E-state index contributed by atoms with van der Waals surface area (Å²) in [4.78, 5) is 0. The first-order valence-corrected chi connectivity index (χ1v) is 7.64. The molecule has 1 atom stereocenters. The Morgan fingerprint density at radius 3 is 2.70 bits per heavy atom. The van der Waals surface area contributed by atoms with Crippen LogP contribution in [0.15, 0.2) is 40.9 Å². The lowest BCUT2D eigenvalue weighted by Crippen LogP contribution is -2.22. The number of nitrogens with one attached hydrogen (secondary N) is 1. The van der Waals surface area contributed by atoms with Crippen LogP contribution >= 0.6 is 27.5 Å². The van der Waals surface area contributed by atoms with Crippen molar-refractivity contribution in [3.63, 3.8) is 0 Å². The Morgan fingerprint density at radius 2 is 2.05 bits per heavy atom. The van der Waals surface area contributed by atoms with Gasteiger partial charge in [-0.2, -0.15) is 0 Å². The van der Waals surface area contributed by atoms with Gasteiger partial charge in [0.25, 0.3) is 0 Å². The zero-order valence-corrected chi connectivity index (χ0v) is 13.7. The lowest BCUT2D eigenvalue weighted by Gasteiger charge is -2.21. The number of aryl methyl sites for hydroxylation is 1. The van der Waals surface area contributed by atoms with Crippen LogP contribution in [0.2, 0.25) is 5.02 Å². The van der Waals surface area contributed by atoms with Crippen molar-refractivity contribution < 1.29 is 4.39 Å². The molecule has 0 aliphatic heterocycles. The van der Waals surface area contributed by atoms with Crippen LogP contribution < -0.4 is 5.32 Å². The topological polar surface area (TPSA) is 12.0 Å². The Kier molecular flexibility index (Phi) is 5.19. The van der Waals surface area contributed by atoms with Gasteiger partial charge in [0.2, 0.25) is 0 Å². The quantitative estimate of drug-likeness (QED) is 0.789. The fourth-order valence-corrected chi connectivity index (χ4v) is 2.87. The van der Waals surface area contributed by atoms with Gasteiger partial charge in [0, 0.05) is 9.50 Å². The molecule has 0 saturated carbocycles. The van der Waals surface area contributed by atoms with E-state index in [-0.39, 0.29) is 11.9 Å². The Morgan fingerprint density at radius 1 is 1.30 bits per heavy atom. The van der Waals surface area contributed by atoms with Crippen molar-refractivity contribution in [2.24, 2.45) is 0 Å². The Balaban J connectivity index is 2.51. The van der Waals surface area contributed by atoms with Gasteiger partial charge in [-0.15, -0.1) is 0 Å². The van der Waals surface area contributed by atoms with E-state index >= 15 is 0 Å². The zero-order valence-electron chi connectivity index (χ0n) is 11.4. The molecule has 0 bridgehead atoms. The van der Waals surface area contributed by atoms with E-state index in [4.69, 9.17) is 11.6 Å². The molecule has 2 rings (SSSR count). The summed E-state index contributed by atoms with van der Waals surface area (Å²) in [6, 6.07) is 11.2. The minimum Gasteiger partial charge on any atom is -0.306 e. The number of hydrogen-bond donors (Lipinski definition) is 1. The largest absolute Gasteiger partial charge is 0.306 e. The maximum Gasteiger partial charge on any atom is 0.127 e. The molecule has 0 aliphatic rings. The predicted octanol–water partition coefficient (Wildman–Crippen LogP) is 5.25. The van der Waals surface area contributed by atoms with Gasteiger partial charge in [0.05, 0.1) is 6.04 Å². The fourth-order valence-electron chi connectivity index (χ4n) is 2.20. The number of halogens is 3. The summed E-state index contributed by atoms with van der Waals surface area (Å²) in [5.74, 6) is -0.275. The van der Waals surface area contributed by atoms with Crippen LogP contribution in [0, 0.1) is 12.7 Å². The Labute approximate surface area is 132 Å². The molecule has 106 valence electrons. The van der Waals surface area contributed by atoms with Crippen LogP contribution in [0.5, 0.6) is 0 Å². The molecule has 0 radical (unpaired) electrons. The fraction of sp³-hybridized carbons (Fsp3) is 0.250. The molecule has 0 aliphatic carbocycles. The molecular formula is C16H16BrClFN. The molecule has 1 nitrogen and oxygen atoms in total. The third-order valence-corrected chi connectivity index (χ3v) is 4.00. The monoisotopic (exact) mass is 355 g/mol. The van der Waals surface area contributed by atoms with Crippen molar-refractivity contribution in [1.82, 2.24) is 5.32 Å². The van der Waals surface area contributed by atoms with E-state index in [1.54, 1.807) is 6.92 Å². The average molecular weight is 357 g/mol. The summed E-state index contributed by atoms with van der Waals surface area (Å²) in [6.45, 7) is 4.58. The van der Waals surface area contributed by atoms with Gasteiger partial charge in [-0.25, -0.2) is 4.39 Å². The van der Waals surface area contributed by atoms with Crippen LogP contribution in [-0.4, -0.2) is 6.54 Å². The molecular weight excluding hydrogens is 341 g/mol. The van der Waals surface area contributed by atoms with E-state index < -0.39 is 0 Å². The second kappa shape index (κ2) is 6.70. The molecule has 0 heterocycles. The minimum atomic E-state index is -0.275. The van der Waals surface area contributed by atoms with Gasteiger partial charge in [0.15, 0.2) is 0 Å². The molecule has 0 amide bonds. The summed E-state index contributed by atoms with van der Waals surface area (Å²) in [5, 5.41) is 3.85. The summed E-state index contributed by atoms with van der Waals surface area (Å²) in [6.07, 6.45) is 0. The van der Waals surface area contributed by atoms with E-state index in [2.05, 4.69) is 21.2 Å². The van der Waals surface area contributed by atoms with Gasteiger partial charge in [-0.05, 0) is 54.4 Å². The molecule has 1 N–H and O–H groups in total. The van der Waals surface area contributed by atoms with Crippen molar-refractivity contribution in [1.29, 1.82) is 0 Å². The lowest BCUT2D eigenvalue weighted by atomic mass is 9.97. The second-order valence-electron chi connectivity index (χ2n) is 4.67. The zero-order chi connectivity index (χ0) is 14.7. The van der Waals surface area contributed by atoms with Crippen molar-refractivity contribution >= 4 is 27.5 Å². The van der Waals surface area contributed by atoms with Crippen LogP contribution in [0.3, 0.4) is 0 Å². The minimum absolute atomic E-state index is 0.0516. The average Bonchev–Trinajstić information content (AvgIpc) is 2.40. The van der Waals surface area contributed by atoms with Crippen molar-refractivity contribution in [2.75, 3.05) is 6.54 Å². The maximum atomic E-state index is 13.6. The van der Waals surface area contributed by atoms with Crippen LogP contribution in [-0.2, 0) is 0 Å². The van der Waals surface area contributed by atoms with Gasteiger partial charge in [0.1, 0.15) is 5.82 Å². The van der Waals surface area contributed by atoms with Gasteiger partial charge >= 0.3 is 0 Å². The molecule has 4 heteroatoms. The molecule has 0 saturated heterocycles. The van der Waals surface area contributed by atoms with E-state index in [1.165, 1.54) is 6.07 Å². The van der Waals surface area contributed by atoms with Crippen LogP contribution in [0.25, 0.3) is 0 Å². The smallest absolute Gasteiger partial charge is 0.127 e. The van der Waals surface area contributed by atoms with Crippen LogP contribution in [0.1, 0.15) is 29.7 Å². The van der Waals surface area contributed by atoms with E-state index in [1.807, 2.05) is 37.3 Å². The summed E-state index contributed by atoms with van der Waals surface area (Å²) >= 11 is 9.71. The third-order valence-electron chi connectivity index (χ3n) is 3.18. The molecule has 2 aromatic rings. The Bertz CT molecular complexity index is 615. The molecule has 2 aromatic carbocycles. The molecule has 20 heavy (non-hydrogen) atoms. The van der Waals surface area contributed by atoms with E-state index in [0.29, 0.717) is 10.6 Å². The van der Waals surface area contributed by atoms with E-state index in [0.717, 1.165) is 22.1 Å². The van der Waals surface area contributed by atoms with Crippen molar-refractivity contribution in [3.05, 3.63) is 68.4 Å². The first-order valence-electron chi connectivity index (χ1n) is 6.47. The predicted molar refractivity (Wildman–Crippen MR) is 85.8 cm³/mol. The van der Waals surface area contributed by atoms with Gasteiger partial charge in [-0.1, -0.05) is 46.6 Å². The maximum absolute atomic E-state index is 13.6. The highest BCUT2D eigenvalue weighted by atomic mass is 79.9. The molecule has 0 aromatic heterocycles. The lowest BCUT2D eigenvalue weighted by molar-refractivity contribution is 0.606. The SMILES string of the molecule is CCNC(c1cccc(Br)c1)c1cc(C)c(F)cc1Cl. The first-order chi connectivity index (χ1) is 9.52. The van der Waals surface area contributed by atoms with Crippen LogP contribution in [0.4, 0.5) is 4.39 Å².